The number of hydrogen-bond donors (Lipinski definition) is 1. The van der Waals surface area contributed by atoms with E-state index in [-0.39, 0.29) is 0 Å². The van der Waals surface area contributed by atoms with Gasteiger partial charge in [0.15, 0.2) is 0 Å². The van der Waals surface area contributed by atoms with Crippen molar-refractivity contribution in [3.63, 3.8) is 0 Å². The van der Waals surface area contributed by atoms with Gasteiger partial charge in [-0.05, 0) is 50.5 Å². The second-order valence-electron chi connectivity index (χ2n) is 4.76. The Labute approximate surface area is 106 Å². The van der Waals surface area contributed by atoms with E-state index in [1.165, 1.54) is 0 Å². The van der Waals surface area contributed by atoms with E-state index in [4.69, 9.17) is 21.4 Å². The molecule has 0 unspecified atom stereocenters. The van der Waals surface area contributed by atoms with Gasteiger partial charge in [-0.2, -0.15) is 0 Å². The van der Waals surface area contributed by atoms with Gasteiger partial charge in [0.05, 0.1) is 12.5 Å². The summed E-state index contributed by atoms with van der Waals surface area (Å²) in [5, 5.41) is 9.68. The lowest BCUT2D eigenvalue weighted by atomic mass is 9.84. The highest BCUT2D eigenvalue weighted by Gasteiger charge is 2.28. The highest BCUT2D eigenvalue weighted by Crippen LogP contribution is 2.31. The Morgan fingerprint density at radius 3 is 2.53 bits per heavy atom. The molecule has 0 atom stereocenters. The fourth-order valence-electron chi connectivity index (χ4n) is 1.66. The standard InChI is InChI=1S/C13H17ClO3/c1-8-9(7-13(2,3)12(15)16)5-10(14)6-11(8)17-4/h5-6H,7H2,1-4H3,(H,15,16). The van der Waals surface area contributed by atoms with Gasteiger partial charge in [0.2, 0.25) is 0 Å². The number of methoxy groups -OCH3 is 1. The minimum atomic E-state index is -0.823. The highest BCUT2D eigenvalue weighted by atomic mass is 35.5. The van der Waals surface area contributed by atoms with Crippen LogP contribution in [-0.4, -0.2) is 18.2 Å². The van der Waals surface area contributed by atoms with Crippen LogP contribution in [0.2, 0.25) is 5.02 Å². The topological polar surface area (TPSA) is 46.5 Å². The van der Waals surface area contributed by atoms with Crippen LogP contribution in [0.25, 0.3) is 0 Å². The average molecular weight is 257 g/mol. The van der Waals surface area contributed by atoms with Crippen LogP contribution in [0.5, 0.6) is 5.75 Å². The number of carboxylic acid groups (broad SMARTS) is 1. The van der Waals surface area contributed by atoms with Crippen LogP contribution in [0, 0.1) is 12.3 Å². The van der Waals surface area contributed by atoms with E-state index in [9.17, 15) is 4.79 Å². The van der Waals surface area contributed by atoms with E-state index in [2.05, 4.69) is 0 Å². The summed E-state index contributed by atoms with van der Waals surface area (Å²) in [5.41, 5.74) is 1.02. The summed E-state index contributed by atoms with van der Waals surface area (Å²) < 4.78 is 5.21. The summed E-state index contributed by atoms with van der Waals surface area (Å²) >= 11 is 5.98. The number of halogens is 1. The third-order valence-electron chi connectivity index (χ3n) is 2.86. The zero-order valence-electron chi connectivity index (χ0n) is 10.5. The monoisotopic (exact) mass is 256 g/mol. The predicted octanol–water partition coefficient (Wildman–Crippen LogP) is 3.31. The number of hydrogen-bond acceptors (Lipinski definition) is 2. The van der Waals surface area contributed by atoms with Crippen LogP contribution < -0.4 is 4.74 Å². The second kappa shape index (κ2) is 4.96. The Hall–Kier alpha value is -1.22. The maximum Gasteiger partial charge on any atom is 0.309 e. The molecule has 0 saturated heterocycles. The fraction of sp³-hybridized carbons (Fsp3) is 0.462. The molecule has 17 heavy (non-hydrogen) atoms. The number of rotatable bonds is 4. The molecule has 0 spiro atoms. The first-order chi connectivity index (χ1) is 7.77. The molecule has 3 nitrogen and oxygen atoms in total. The Kier molecular flexibility index (Phi) is 4.04. The van der Waals surface area contributed by atoms with Gasteiger partial charge in [-0.25, -0.2) is 0 Å². The molecule has 0 heterocycles. The summed E-state index contributed by atoms with van der Waals surface area (Å²) in [6.45, 7) is 5.30. The maximum absolute atomic E-state index is 11.1. The fourth-order valence-corrected chi connectivity index (χ4v) is 1.89. The molecule has 0 aliphatic heterocycles. The van der Waals surface area contributed by atoms with Crippen molar-refractivity contribution in [3.8, 4) is 5.75 Å². The molecule has 0 aliphatic rings. The molecule has 0 aromatic heterocycles. The smallest absolute Gasteiger partial charge is 0.309 e. The van der Waals surface area contributed by atoms with E-state index in [0.29, 0.717) is 17.2 Å². The van der Waals surface area contributed by atoms with Gasteiger partial charge in [-0.3, -0.25) is 4.79 Å². The molecule has 1 aromatic carbocycles. The van der Waals surface area contributed by atoms with Crippen LogP contribution in [-0.2, 0) is 11.2 Å². The molecule has 0 aliphatic carbocycles. The molecule has 4 heteroatoms. The molecule has 0 bridgehead atoms. The highest BCUT2D eigenvalue weighted by molar-refractivity contribution is 6.30. The summed E-state index contributed by atoms with van der Waals surface area (Å²) in [4.78, 5) is 11.1. The molecule has 1 rings (SSSR count). The van der Waals surface area contributed by atoms with Gasteiger partial charge in [-0.15, -0.1) is 0 Å². The lowest BCUT2D eigenvalue weighted by Crippen LogP contribution is -2.26. The van der Waals surface area contributed by atoms with Crippen molar-refractivity contribution < 1.29 is 14.6 Å². The van der Waals surface area contributed by atoms with Gasteiger partial charge < -0.3 is 9.84 Å². The first-order valence-corrected chi connectivity index (χ1v) is 5.72. The molecule has 0 amide bonds. The molecular weight excluding hydrogens is 240 g/mol. The summed E-state index contributed by atoms with van der Waals surface area (Å²) in [6.07, 6.45) is 0.422. The van der Waals surface area contributed by atoms with Crippen LogP contribution in [0.1, 0.15) is 25.0 Å². The van der Waals surface area contributed by atoms with E-state index in [1.54, 1.807) is 33.1 Å². The molecule has 1 aromatic rings. The number of carboxylic acids is 1. The van der Waals surface area contributed by atoms with Crippen LogP contribution in [0.3, 0.4) is 0 Å². The Morgan fingerprint density at radius 2 is 2.06 bits per heavy atom. The van der Waals surface area contributed by atoms with Crippen molar-refractivity contribution in [1.29, 1.82) is 0 Å². The van der Waals surface area contributed by atoms with Crippen molar-refractivity contribution in [3.05, 3.63) is 28.3 Å². The van der Waals surface area contributed by atoms with Crippen molar-refractivity contribution >= 4 is 17.6 Å². The summed E-state index contributed by atoms with van der Waals surface area (Å²) in [7, 11) is 1.57. The van der Waals surface area contributed by atoms with Gasteiger partial charge in [0, 0.05) is 5.02 Å². The number of aliphatic carboxylic acids is 1. The van der Waals surface area contributed by atoms with E-state index in [1.807, 2.05) is 6.92 Å². The molecule has 0 saturated carbocycles. The lowest BCUT2D eigenvalue weighted by molar-refractivity contribution is -0.146. The molecule has 0 fully saturated rings. The minimum absolute atomic E-state index is 0.422. The quantitative estimate of drug-likeness (QED) is 0.899. The number of carbonyl (C=O) groups is 1. The Morgan fingerprint density at radius 1 is 1.47 bits per heavy atom. The van der Waals surface area contributed by atoms with Gasteiger partial charge in [0.1, 0.15) is 5.75 Å². The molecule has 94 valence electrons. The van der Waals surface area contributed by atoms with Crippen molar-refractivity contribution in [2.45, 2.75) is 27.2 Å². The van der Waals surface area contributed by atoms with Crippen molar-refractivity contribution in [2.24, 2.45) is 5.41 Å². The first-order valence-electron chi connectivity index (χ1n) is 5.34. The first kappa shape index (κ1) is 13.8. The van der Waals surface area contributed by atoms with Crippen molar-refractivity contribution in [1.82, 2.24) is 0 Å². The molecule has 1 N–H and O–H groups in total. The normalized spacial score (nSPS) is 11.4. The largest absolute Gasteiger partial charge is 0.496 e. The van der Waals surface area contributed by atoms with E-state index >= 15 is 0 Å². The van der Waals surface area contributed by atoms with Gasteiger partial charge in [-0.1, -0.05) is 11.6 Å². The maximum atomic E-state index is 11.1. The number of ether oxygens (including phenoxy) is 1. The van der Waals surface area contributed by atoms with E-state index < -0.39 is 11.4 Å². The third-order valence-corrected chi connectivity index (χ3v) is 3.08. The summed E-state index contributed by atoms with van der Waals surface area (Å²) in [5.74, 6) is -0.135. The molecular formula is C13H17ClO3. The van der Waals surface area contributed by atoms with Crippen molar-refractivity contribution in [2.75, 3.05) is 7.11 Å². The second-order valence-corrected chi connectivity index (χ2v) is 5.19. The zero-order valence-corrected chi connectivity index (χ0v) is 11.3. The van der Waals surface area contributed by atoms with Gasteiger partial charge >= 0.3 is 5.97 Å². The Bertz CT molecular complexity index is 439. The minimum Gasteiger partial charge on any atom is -0.496 e. The van der Waals surface area contributed by atoms with E-state index in [0.717, 1.165) is 11.1 Å². The van der Waals surface area contributed by atoms with Crippen LogP contribution >= 0.6 is 11.6 Å². The summed E-state index contributed by atoms with van der Waals surface area (Å²) in [6, 6.07) is 3.53. The SMILES string of the molecule is COc1cc(Cl)cc(CC(C)(C)C(=O)O)c1C. The average Bonchev–Trinajstić information content (AvgIpc) is 2.22. The third kappa shape index (κ3) is 3.13. The zero-order chi connectivity index (χ0) is 13.2. The molecule has 0 radical (unpaired) electrons. The van der Waals surface area contributed by atoms with Crippen LogP contribution in [0.15, 0.2) is 12.1 Å². The lowest BCUT2D eigenvalue weighted by Gasteiger charge is -2.21. The van der Waals surface area contributed by atoms with Gasteiger partial charge in [0.25, 0.3) is 0 Å². The van der Waals surface area contributed by atoms with Crippen LogP contribution in [0.4, 0.5) is 0 Å². The number of benzene rings is 1. The predicted molar refractivity (Wildman–Crippen MR) is 67.9 cm³/mol. The Balaban J connectivity index is 3.15.